The van der Waals surface area contributed by atoms with Gasteiger partial charge >= 0.3 is 33.4 Å². The summed E-state index contributed by atoms with van der Waals surface area (Å²) in [6.45, 7) is 5.14. The SMILES string of the molecule is Cc1ccc(Sc2ccc(S(OS(=O)(=O)C(F)(F)C(F)(F)C(F)(F)C(F)(F)F)(c3ccc(C)cc3)c3ccc(C)cc3)s2)cc1. The minimum absolute atomic E-state index is 0.0879. The Morgan fingerprint density at radius 3 is 1.44 bits per heavy atom. The Morgan fingerprint density at radius 1 is 0.600 bits per heavy atom. The number of alkyl halides is 9. The number of hydrogen-bond acceptors (Lipinski definition) is 5. The standard InChI is InChI=1S/C29H23F9O3S4/c1-18-4-10-21(11-5-18)42-24-16-17-25(43-24)44(22-12-6-19(2)7-13-22,23-14-8-20(3)9-15-23)41-45(39,40)29(37,38)27(32,33)26(30,31)28(34,35)36/h4-17H,1-3H3. The van der Waals surface area contributed by atoms with Crippen molar-refractivity contribution in [2.75, 3.05) is 0 Å². The van der Waals surface area contributed by atoms with E-state index in [1.54, 1.807) is 26.0 Å². The van der Waals surface area contributed by atoms with Gasteiger partial charge in [-0.05, 0) is 79.6 Å². The molecule has 0 amide bonds. The molecular weight excluding hydrogens is 696 g/mol. The van der Waals surface area contributed by atoms with Crippen molar-refractivity contribution in [1.82, 2.24) is 0 Å². The van der Waals surface area contributed by atoms with Crippen LogP contribution in [0.5, 0.6) is 0 Å². The van der Waals surface area contributed by atoms with Crippen molar-refractivity contribution in [2.45, 2.75) is 67.2 Å². The minimum atomic E-state index is -7.45. The fraction of sp³-hybridized carbons (Fsp3) is 0.241. The monoisotopic (exact) mass is 718 g/mol. The molecule has 45 heavy (non-hydrogen) atoms. The Balaban J connectivity index is 1.97. The molecule has 0 spiro atoms. The van der Waals surface area contributed by atoms with Gasteiger partial charge in [0.1, 0.15) is 0 Å². The van der Waals surface area contributed by atoms with E-state index in [4.69, 9.17) is 3.63 Å². The van der Waals surface area contributed by atoms with Gasteiger partial charge in [-0.2, -0.15) is 47.9 Å². The van der Waals surface area contributed by atoms with Crippen molar-refractivity contribution in [3.63, 3.8) is 0 Å². The fourth-order valence-electron chi connectivity index (χ4n) is 3.87. The topological polar surface area (TPSA) is 43.4 Å². The predicted molar refractivity (Wildman–Crippen MR) is 155 cm³/mol. The van der Waals surface area contributed by atoms with Crippen molar-refractivity contribution < 1.29 is 51.6 Å². The van der Waals surface area contributed by atoms with Gasteiger partial charge in [0, 0.05) is 14.7 Å². The number of aryl methyl sites for hydroxylation is 3. The smallest absolute Gasteiger partial charge is 0.201 e. The normalized spacial score (nSPS) is 14.0. The Labute approximate surface area is 263 Å². The van der Waals surface area contributed by atoms with Crippen LogP contribution in [-0.4, -0.2) is 31.7 Å². The molecule has 0 atom stereocenters. The van der Waals surface area contributed by atoms with Crippen molar-refractivity contribution in [3.8, 4) is 0 Å². The average Bonchev–Trinajstić information content (AvgIpc) is 3.42. The maximum atomic E-state index is 15.1. The van der Waals surface area contributed by atoms with E-state index in [-0.39, 0.29) is 14.0 Å². The van der Waals surface area contributed by atoms with Gasteiger partial charge in [-0.1, -0.05) is 64.9 Å². The number of benzene rings is 3. The van der Waals surface area contributed by atoms with E-state index in [0.29, 0.717) is 15.3 Å². The lowest BCUT2D eigenvalue weighted by molar-refractivity contribution is -0.382. The molecule has 4 aromatic rings. The third-order valence-electron chi connectivity index (χ3n) is 6.41. The molecule has 4 rings (SSSR count). The largest absolute Gasteiger partial charge is 0.460 e. The second kappa shape index (κ2) is 12.2. The summed E-state index contributed by atoms with van der Waals surface area (Å²) < 4.78 is 157. The molecule has 0 aliphatic carbocycles. The maximum Gasteiger partial charge on any atom is 0.460 e. The first-order chi connectivity index (χ1) is 20.7. The Hall–Kier alpha value is -2.66. The lowest BCUT2D eigenvalue weighted by atomic mass is 10.1. The molecule has 0 aliphatic heterocycles. The van der Waals surface area contributed by atoms with E-state index >= 15 is 8.78 Å². The van der Waals surface area contributed by atoms with Crippen LogP contribution in [0.4, 0.5) is 39.5 Å². The zero-order valence-corrected chi connectivity index (χ0v) is 26.6. The molecule has 0 saturated heterocycles. The third-order valence-corrected chi connectivity index (χ3v) is 14.4. The van der Waals surface area contributed by atoms with E-state index in [9.17, 15) is 39.2 Å². The minimum Gasteiger partial charge on any atom is -0.201 e. The van der Waals surface area contributed by atoms with Gasteiger partial charge in [-0.25, -0.2) is 3.63 Å². The van der Waals surface area contributed by atoms with E-state index in [0.717, 1.165) is 21.8 Å². The van der Waals surface area contributed by atoms with E-state index in [1.165, 1.54) is 72.4 Å². The highest BCUT2D eigenvalue weighted by Crippen LogP contribution is 2.73. The summed E-state index contributed by atoms with van der Waals surface area (Å²) in [5.41, 5.74) is 2.19. The van der Waals surface area contributed by atoms with Crippen LogP contribution in [0, 0.1) is 20.8 Å². The molecule has 0 saturated carbocycles. The molecule has 0 N–H and O–H groups in total. The highest BCUT2D eigenvalue weighted by molar-refractivity contribution is 8.34. The molecule has 0 fully saturated rings. The van der Waals surface area contributed by atoms with Crippen molar-refractivity contribution in [1.29, 1.82) is 0 Å². The van der Waals surface area contributed by atoms with E-state index < -0.39 is 43.7 Å². The molecule has 1 aromatic heterocycles. The molecule has 3 aromatic carbocycles. The molecule has 0 unspecified atom stereocenters. The van der Waals surface area contributed by atoms with Crippen LogP contribution in [0.1, 0.15) is 16.7 Å². The van der Waals surface area contributed by atoms with Gasteiger partial charge in [0.25, 0.3) is 0 Å². The number of rotatable bonds is 10. The van der Waals surface area contributed by atoms with Crippen molar-refractivity contribution in [2.24, 2.45) is 0 Å². The molecule has 0 bridgehead atoms. The van der Waals surface area contributed by atoms with Crippen LogP contribution in [0.25, 0.3) is 0 Å². The summed E-state index contributed by atoms with van der Waals surface area (Å²) in [5, 5.41) is -7.04. The lowest BCUT2D eigenvalue weighted by Crippen LogP contribution is -2.63. The Bertz CT molecular complexity index is 1700. The highest BCUT2D eigenvalue weighted by Gasteiger charge is 2.86. The lowest BCUT2D eigenvalue weighted by Gasteiger charge is -2.40. The predicted octanol–water partition coefficient (Wildman–Crippen LogP) is 10.8. The second-order valence-corrected chi connectivity index (χ2v) is 17.0. The quantitative estimate of drug-likeness (QED) is 0.153. The van der Waals surface area contributed by atoms with Gasteiger partial charge in [0.2, 0.25) is 0 Å². The summed E-state index contributed by atoms with van der Waals surface area (Å²) in [7, 11) is -11.3. The zero-order valence-electron chi connectivity index (χ0n) is 23.3. The highest BCUT2D eigenvalue weighted by atomic mass is 32.3. The molecule has 1 heterocycles. The Kier molecular flexibility index (Phi) is 9.52. The first-order valence-electron chi connectivity index (χ1n) is 12.6. The zero-order chi connectivity index (χ0) is 33.6. The van der Waals surface area contributed by atoms with Gasteiger partial charge < -0.3 is 0 Å². The molecular formula is C29H23F9O3S4. The van der Waals surface area contributed by atoms with Crippen LogP contribution in [-0.2, 0) is 13.7 Å². The summed E-state index contributed by atoms with van der Waals surface area (Å²) >= 11 is 2.05. The number of halogens is 9. The van der Waals surface area contributed by atoms with Gasteiger partial charge in [0.05, 0.1) is 8.42 Å². The van der Waals surface area contributed by atoms with Gasteiger partial charge in [0.15, 0.2) is 0 Å². The number of hydrogen-bond donors (Lipinski definition) is 0. The maximum absolute atomic E-state index is 15.1. The fourth-order valence-corrected chi connectivity index (χ4v) is 12.2. The van der Waals surface area contributed by atoms with Crippen molar-refractivity contribution >= 4 is 43.5 Å². The van der Waals surface area contributed by atoms with E-state index in [2.05, 4.69) is 0 Å². The van der Waals surface area contributed by atoms with Crippen LogP contribution >= 0.6 is 33.4 Å². The Morgan fingerprint density at radius 2 is 1.02 bits per heavy atom. The van der Waals surface area contributed by atoms with Crippen LogP contribution in [0.15, 0.2) is 108 Å². The first kappa shape index (κ1) is 35.2. The van der Waals surface area contributed by atoms with E-state index in [1.807, 2.05) is 19.1 Å². The average molecular weight is 719 g/mol. The third kappa shape index (κ3) is 6.35. The summed E-state index contributed by atoms with van der Waals surface area (Å²) in [6.07, 6.45) is -7.22. The number of thiophene rings is 1. The molecule has 0 radical (unpaired) electrons. The van der Waals surface area contributed by atoms with Crippen LogP contribution in [0.3, 0.4) is 0 Å². The van der Waals surface area contributed by atoms with Gasteiger partial charge in [-0.15, -0.1) is 11.3 Å². The van der Waals surface area contributed by atoms with Crippen LogP contribution < -0.4 is 0 Å². The van der Waals surface area contributed by atoms with Crippen LogP contribution in [0.2, 0.25) is 0 Å². The van der Waals surface area contributed by atoms with Gasteiger partial charge in [-0.3, -0.25) is 0 Å². The molecule has 3 nitrogen and oxygen atoms in total. The summed E-state index contributed by atoms with van der Waals surface area (Å²) in [5.74, 6) is -14.9. The first-order valence-corrected chi connectivity index (χ1v) is 17.2. The molecule has 16 heteroatoms. The van der Waals surface area contributed by atoms with Crippen molar-refractivity contribution in [3.05, 3.63) is 102 Å². The summed E-state index contributed by atoms with van der Waals surface area (Å²) in [6, 6.07) is 20.9. The molecule has 244 valence electrons. The summed E-state index contributed by atoms with van der Waals surface area (Å²) in [4.78, 5) is 0.473. The second-order valence-electron chi connectivity index (χ2n) is 9.86. The molecule has 0 aliphatic rings.